The number of fused-ring (bicyclic) bond motifs is 10. The first-order chi connectivity index (χ1) is 61.1. The Labute approximate surface area is 730 Å². The Bertz CT molecular complexity index is 6630. The maximum atomic E-state index is 6.78. The summed E-state index contributed by atoms with van der Waals surface area (Å²) in [6.07, 6.45) is 15.0. The first-order valence-electron chi connectivity index (χ1n) is 45.7. The number of hydrogen-bond acceptors (Lipinski definition) is 4. The maximum Gasteiger partial charge on any atom is 0.172 e. The van der Waals surface area contributed by atoms with Gasteiger partial charge in [-0.2, -0.15) is 0 Å². The SMILES string of the molecule is C[Si]1(C)c2ccc(N(c3ccc(-c4ccccc4)cc3)c3ccc(-c4ccccc4)cc3)cc2Cc2cccc(-c3cccc4c3C3(c5ccccc5-4)C4CC5CC(C4)CC3C5)c21.c1ccc(-c2ccc(N(c3ccc(-c4ccccc4)cc3)c3ccc4c(c3)Oc3ccc(-c5cccc6c5C5(c7ccccc7-6)C6CC7CC(C6)CC5C7)cc3O4)cc2)cc1. The van der Waals surface area contributed by atoms with Crippen molar-refractivity contribution in [3.63, 3.8) is 0 Å². The molecular weight excluding hydrogens is 1520 g/mol. The molecule has 5 heteroatoms. The lowest BCUT2D eigenvalue weighted by atomic mass is 9.42. The molecule has 0 radical (unpaired) electrons. The van der Waals surface area contributed by atoms with E-state index in [0.717, 1.165) is 87.6 Å². The summed E-state index contributed by atoms with van der Waals surface area (Å²) >= 11 is 0. The minimum Gasteiger partial charge on any atom is -0.449 e. The fourth-order valence-electron chi connectivity index (χ4n) is 26.9. The molecule has 2 spiro atoms. The van der Waals surface area contributed by atoms with E-state index in [1.54, 1.807) is 32.6 Å². The van der Waals surface area contributed by atoms with Gasteiger partial charge in [-0.1, -0.05) is 303 Å². The lowest BCUT2D eigenvalue weighted by Crippen LogP contribution is -2.59. The molecule has 4 nitrogen and oxygen atoms in total. The molecule has 0 saturated heterocycles. The van der Waals surface area contributed by atoms with Crippen LogP contribution in [0.15, 0.2) is 376 Å². The molecule has 16 aromatic carbocycles. The van der Waals surface area contributed by atoms with E-state index < -0.39 is 8.07 Å². The third-order valence-corrected chi connectivity index (χ3v) is 35.1. The minimum absolute atomic E-state index is 0.0851. The number of ether oxygens (including phenoxy) is 2. The van der Waals surface area contributed by atoms with E-state index in [9.17, 15) is 0 Å². The third-order valence-electron chi connectivity index (χ3n) is 31.4. The van der Waals surface area contributed by atoms with Crippen molar-refractivity contribution in [2.75, 3.05) is 9.80 Å². The highest BCUT2D eigenvalue weighted by atomic mass is 28.3. The predicted octanol–water partition coefficient (Wildman–Crippen LogP) is 30.4. The van der Waals surface area contributed by atoms with E-state index in [2.05, 4.69) is 399 Å². The van der Waals surface area contributed by atoms with Crippen LogP contribution in [-0.2, 0) is 17.3 Å². The van der Waals surface area contributed by atoms with Gasteiger partial charge >= 0.3 is 0 Å². The van der Waals surface area contributed by atoms with E-state index in [4.69, 9.17) is 9.47 Å². The van der Waals surface area contributed by atoms with Crippen LogP contribution in [0.3, 0.4) is 0 Å². The molecule has 124 heavy (non-hydrogen) atoms. The van der Waals surface area contributed by atoms with Crippen molar-refractivity contribution < 1.29 is 9.47 Å². The zero-order valence-corrected chi connectivity index (χ0v) is 71.4. The van der Waals surface area contributed by atoms with Gasteiger partial charge in [-0.05, 0) is 330 Å². The van der Waals surface area contributed by atoms with Gasteiger partial charge in [-0.25, -0.2) is 0 Å². The van der Waals surface area contributed by atoms with Crippen molar-refractivity contribution >= 4 is 52.6 Å². The largest absolute Gasteiger partial charge is 0.449 e. The van der Waals surface area contributed by atoms with Gasteiger partial charge in [0.05, 0.1) is 5.69 Å². The highest BCUT2D eigenvalue weighted by molar-refractivity contribution is 7.02. The monoisotopic (exact) mass is 1610 g/mol. The standard InChI is InChI=1S/C61H53NSi.C58H45NO2/c1-63(2)58-32-31-52(62(50-27-23-44(24-28-50)42-13-5-3-6-14-42)51-29-25-45(26-30-51)43-15-7-4-8-16-43)39-47(58)38-46-17-11-21-56(60(46)63)55-20-12-19-54-53-18-9-10-22-57(53)61(59(54)55)48-34-40-33-41(36-48)37-49(61)35-40;1-3-10-39(11-4-1)41-18-23-46(24-19-41)59(47-25-20-42(21-26-47)40-12-5-2-6-13-40)48-27-29-54-56(36-48)61-53-28-22-43(35-55(53)60-54)49-15-9-16-51-50-14-7-8-17-52(50)58(57(49)51)44-31-37-30-38(33-44)34-45(58)32-37/h3-32,39-41,48-49H,33-38H2,1-2H3;1-29,35-38,44-45H,30-34H2. The summed E-state index contributed by atoms with van der Waals surface area (Å²) in [5.41, 5.74) is 37.5. The predicted molar refractivity (Wildman–Crippen MR) is 514 cm³/mol. The zero-order chi connectivity index (χ0) is 81.9. The van der Waals surface area contributed by atoms with Crippen molar-refractivity contribution in [2.24, 2.45) is 47.3 Å². The molecule has 2 heterocycles. The number of hydrogen-bond donors (Lipinski definition) is 0. The van der Waals surface area contributed by atoms with E-state index >= 15 is 0 Å². The van der Waals surface area contributed by atoms with Gasteiger partial charge in [0, 0.05) is 45.3 Å². The molecule has 8 fully saturated rings. The molecule has 8 saturated carbocycles. The lowest BCUT2D eigenvalue weighted by Gasteiger charge is -2.61. The fraction of sp³-hybridized carbons (Fsp3) is 0.193. The topological polar surface area (TPSA) is 24.9 Å². The molecule has 2 aliphatic heterocycles. The second-order valence-corrected chi connectivity index (χ2v) is 42.5. The Balaban J connectivity index is 0.000000136. The Morgan fingerprint density at radius 2 is 0.556 bits per heavy atom. The summed E-state index contributed by atoms with van der Waals surface area (Å²) in [6, 6.07) is 139. The van der Waals surface area contributed by atoms with Crippen molar-refractivity contribution in [1.29, 1.82) is 0 Å². The van der Waals surface area contributed by atoms with Gasteiger partial charge in [0.15, 0.2) is 23.0 Å². The van der Waals surface area contributed by atoms with Crippen LogP contribution in [0.2, 0.25) is 13.1 Å². The van der Waals surface area contributed by atoms with E-state index in [0.29, 0.717) is 17.6 Å². The molecular formula is C119H98N2O2Si. The minimum atomic E-state index is -2.19. The molecule has 0 amide bonds. The first kappa shape index (κ1) is 73.6. The van der Waals surface area contributed by atoms with E-state index in [-0.39, 0.29) is 10.8 Å². The second-order valence-electron chi connectivity index (χ2n) is 38.2. The molecule has 0 atom stereocenters. The third kappa shape index (κ3) is 11.7. The van der Waals surface area contributed by atoms with E-state index in [1.165, 1.54) is 170 Å². The molecule has 10 aliphatic carbocycles. The summed E-state index contributed by atoms with van der Waals surface area (Å²) in [4.78, 5) is 4.75. The van der Waals surface area contributed by atoms with Crippen molar-refractivity contribution in [1.82, 2.24) is 0 Å². The van der Waals surface area contributed by atoms with Gasteiger partial charge in [0.2, 0.25) is 0 Å². The van der Waals surface area contributed by atoms with Crippen LogP contribution in [0.1, 0.15) is 97.6 Å². The highest BCUT2D eigenvalue weighted by Gasteiger charge is 2.64. The Hall–Kier alpha value is -13.1. The Morgan fingerprint density at radius 3 is 0.992 bits per heavy atom. The molecule has 0 aromatic heterocycles. The quantitative estimate of drug-likeness (QED) is 0.114. The normalized spacial score (nSPS) is 22.5. The molecule has 8 bridgehead atoms. The van der Waals surface area contributed by atoms with Gasteiger partial charge in [0.25, 0.3) is 0 Å². The second kappa shape index (κ2) is 29.0. The van der Waals surface area contributed by atoms with Crippen LogP contribution in [-0.4, -0.2) is 8.07 Å². The van der Waals surface area contributed by atoms with Gasteiger partial charge in [-0.3, -0.25) is 0 Å². The van der Waals surface area contributed by atoms with Crippen LogP contribution < -0.4 is 29.6 Å². The summed E-state index contributed by atoms with van der Waals surface area (Å²) in [6.45, 7) is 5.26. The zero-order valence-electron chi connectivity index (χ0n) is 70.4. The van der Waals surface area contributed by atoms with Crippen LogP contribution >= 0.6 is 0 Å². The van der Waals surface area contributed by atoms with Crippen molar-refractivity contribution in [3.05, 3.63) is 409 Å². The fourth-order valence-corrected chi connectivity index (χ4v) is 30.5. The van der Waals surface area contributed by atoms with E-state index in [1.807, 2.05) is 0 Å². The van der Waals surface area contributed by atoms with Crippen LogP contribution in [0.4, 0.5) is 34.1 Å². The molecule has 16 aromatic rings. The molecule has 0 unspecified atom stereocenters. The van der Waals surface area contributed by atoms with Crippen molar-refractivity contribution in [3.8, 4) is 112 Å². The number of rotatable bonds is 12. The Kier molecular flexibility index (Phi) is 17.2. The molecule has 12 aliphatic rings. The van der Waals surface area contributed by atoms with Crippen LogP contribution in [0, 0.1) is 47.3 Å². The molecule has 600 valence electrons. The van der Waals surface area contributed by atoms with Crippen LogP contribution in [0.5, 0.6) is 23.0 Å². The smallest absolute Gasteiger partial charge is 0.172 e. The average molecular weight is 1620 g/mol. The van der Waals surface area contributed by atoms with Crippen molar-refractivity contribution in [2.45, 2.75) is 94.6 Å². The summed E-state index contributed by atoms with van der Waals surface area (Å²) in [5.74, 6) is 9.47. The number of benzene rings is 16. The number of nitrogens with zero attached hydrogens (tertiary/aromatic N) is 2. The maximum absolute atomic E-state index is 6.78. The molecule has 28 rings (SSSR count). The Morgan fingerprint density at radius 1 is 0.242 bits per heavy atom. The van der Waals surface area contributed by atoms with Gasteiger partial charge in [0.1, 0.15) is 8.07 Å². The average Bonchev–Trinajstić information content (AvgIpc) is 1.50. The first-order valence-corrected chi connectivity index (χ1v) is 48.7. The van der Waals surface area contributed by atoms with Gasteiger partial charge < -0.3 is 19.3 Å². The number of anilines is 6. The highest BCUT2D eigenvalue weighted by Crippen LogP contribution is 2.73. The molecule has 0 N–H and O–H groups in total. The summed E-state index contributed by atoms with van der Waals surface area (Å²) in [7, 11) is -2.19. The summed E-state index contributed by atoms with van der Waals surface area (Å²) in [5, 5.41) is 3.23. The van der Waals surface area contributed by atoms with Gasteiger partial charge in [-0.15, -0.1) is 0 Å². The van der Waals surface area contributed by atoms with Crippen LogP contribution in [0.25, 0.3) is 89.0 Å². The summed E-state index contributed by atoms with van der Waals surface area (Å²) < 4.78 is 13.5. The lowest BCUT2D eigenvalue weighted by molar-refractivity contribution is -0.0397.